The van der Waals surface area contributed by atoms with E-state index in [0.29, 0.717) is 17.5 Å². The molecule has 0 spiro atoms. The van der Waals surface area contributed by atoms with E-state index in [-0.39, 0.29) is 5.91 Å². The summed E-state index contributed by atoms with van der Waals surface area (Å²) in [5.41, 5.74) is 2.51. The van der Waals surface area contributed by atoms with Crippen LogP contribution < -0.4 is 0 Å². The van der Waals surface area contributed by atoms with Crippen molar-refractivity contribution >= 4 is 21.8 Å². The number of hydrogen-bond acceptors (Lipinski definition) is 2. The van der Waals surface area contributed by atoms with Crippen molar-refractivity contribution in [2.75, 3.05) is 7.05 Å². The van der Waals surface area contributed by atoms with Gasteiger partial charge in [0.25, 0.3) is 5.91 Å². The van der Waals surface area contributed by atoms with Crippen LogP contribution in [0.3, 0.4) is 0 Å². The van der Waals surface area contributed by atoms with E-state index in [4.69, 9.17) is 0 Å². The van der Waals surface area contributed by atoms with Crippen LogP contribution in [0.15, 0.2) is 34.9 Å². The average molecular weight is 362 g/mol. The normalized spacial score (nSPS) is 15.6. The van der Waals surface area contributed by atoms with E-state index in [0.717, 1.165) is 15.9 Å². The van der Waals surface area contributed by atoms with E-state index in [2.05, 4.69) is 28.0 Å². The molecule has 1 aromatic heterocycles. The van der Waals surface area contributed by atoms with Gasteiger partial charge in [0, 0.05) is 17.6 Å². The zero-order valence-corrected chi connectivity index (χ0v) is 14.7. The standard InChI is InChI=1S/C17H20BrN3O/c1-11(13-4-5-13)20(3)17(22)16-10-19-21(12(16)2)15-8-6-14(18)7-9-15/h6-11,13H,4-5H2,1-3H3. The van der Waals surface area contributed by atoms with Crippen molar-refractivity contribution in [2.24, 2.45) is 5.92 Å². The van der Waals surface area contributed by atoms with Crippen LogP contribution >= 0.6 is 15.9 Å². The Kier molecular flexibility index (Phi) is 4.08. The van der Waals surface area contributed by atoms with Crippen LogP contribution in [0.4, 0.5) is 0 Å². The molecule has 1 saturated carbocycles. The monoisotopic (exact) mass is 361 g/mol. The van der Waals surface area contributed by atoms with Gasteiger partial charge in [-0.05, 0) is 56.9 Å². The first-order valence-corrected chi connectivity index (χ1v) is 8.36. The number of rotatable bonds is 4. The Labute approximate surface area is 139 Å². The van der Waals surface area contributed by atoms with Crippen molar-refractivity contribution in [3.63, 3.8) is 0 Å². The molecular weight excluding hydrogens is 342 g/mol. The Balaban J connectivity index is 1.86. The topological polar surface area (TPSA) is 38.1 Å². The Morgan fingerprint density at radius 3 is 2.59 bits per heavy atom. The molecule has 0 radical (unpaired) electrons. The number of nitrogens with zero attached hydrogens (tertiary/aromatic N) is 3. The maximum atomic E-state index is 12.7. The molecule has 116 valence electrons. The van der Waals surface area contributed by atoms with Gasteiger partial charge in [-0.15, -0.1) is 0 Å². The van der Waals surface area contributed by atoms with Gasteiger partial charge in [-0.1, -0.05) is 15.9 Å². The fourth-order valence-electron chi connectivity index (χ4n) is 2.73. The summed E-state index contributed by atoms with van der Waals surface area (Å²) >= 11 is 3.43. The van der Waals surface area contributed by atoms with Gasteiger partial charge < -0.3 is 4.90 Å². The SMILES string of the molecule is Cc1c(C(=O)N(C)C(C)C2CC2)cnn1-c1ccc(Br)cc1. The second-order valence-electron chi connectivity index (χ2n) is 6.03. The summed E-state index contributed by atoms with van der Waals surface area (Å²) in [7, 11) is 1.89. The third-order valence-corrected chi connectivity index (χ3v) is 5.08. The molecule has 1 fully saturated rings. The maximum Gasteiger partial charge on any atom is 0.257 e. The van der Waals surface area contributed by atoms with Crippen LogP contribution in [0.5, 0.6) is 0 Å². The number of amides is 1. The van der Waals surface area contributed by atoms with Gasteiger partial charge in [0.05, 0.1) is 23.1 Å². The number of carbonyl (C=O) groups excluding carboxylic acids is 1. The summed E-state index contributed by atoms with van der Waals surface area (Å²) in [6, 6.07) is 8.20. The van der Waals surface area contributed by atoms with E-state index in [1.54, 1.807) is 6.20 Å². The molecule has 2 aromatic rings. The molecule has 1 atom stereocenters. The van der Waals surface area contributed by atoms with Crippen molar-refractivity contribution in [1.29, 1.82) is 0 Å². The Bertz CT molecular complexity index is 688. The molecule has 1 heterocycles. The van der Waals surface area contributed by atoms with Gasteiger partial charge in [0.15, 0.2) is 0 Å². The van der Waals surface area contributed by atoms with E-state index in [1.165, 1.54) is 12.8 Å². The smallest absolute Gasteiger partial charge is 0.257 e. The third-order valence-electron chi connectivity index (χ3n) is 4.55. The lowest BCUT2D eigenvalue weighted by Gasteiger charge is -2.24. The molecule has 5 heteroatoms. The molecule has 0 N–H and O–H groups in total. The minimum absolute atomic E-state index is 0.0558. The second-order valence-corrected chi connectivity index (χ2v) is 6.94. The van der Waals surface area contributed by atoms with Crippen LogP contribution in [0.25, 0.3) is 5.69 Å². The second kappa shape index (κ2) is 5.88. The molecule has 1 aliphatic carbocycles. The summed E-state index contributed by atoms with van der Waals surface area (Å²) < 4.78 is 2.84. The fraction of sp³-hybridized carbons (Fsp3) is 0.412. The van der Waals surface area contributed by atoms with E-state index >= 15 is 0 Å². The summed E-state index contributed by atoms with van der Waals surface area (Å²) in [4.78, 5) is 14.6. The van der Waals surface area contributed by atoms with E-state index in [9.17, 15) is 4.79 Å². The highest BCUT2D eigenvalue weighted by Gasteiger charge is 2.33. The summed E-state index contributed by atoms with van der Waals surface area (Å²) in [6.45, 7) is 4.07. The van der Waals surface area contributed by atoms with Crippen molar-refractivity contribution in [3.8, 4) is 5.69 Å². The van der Waals surface area contributed by atoms with Crippen molar-refractivity contribution in [1.82, 2.24) is 14.7 Å². The van der Waals surface area contributed by atoms with Crippen LogP contribution in [0.1, 0.15) is 35.8 Å². The van der Waals surface area contributed by atoms with E-state index in [1.807, 2.05) is 47.8 Å². The van der Waals surface area contributed by atoms with Crippen LogP contribution in [-0.4, -0.2) is 33.7 Å². The molecule has 22 heavy (non-hydrogen) atoms. The highest BCUT2D eigenvalue weighted by atomic mass is 79.9. The first kappa shape index (κ1) is 15.3. The number of benzene rings is 1. The van der Waals surface area contributed by atoms with Gasteiger partial charge >= 0.3 is 0 Å². The molecule has 1 aliphatic rings. The van der Waals surface area contributed by atoms with Crippen LogP contribution in [0, 0.1) is 12.8 Å². The largest absolute Gasteiger partial charge is 0.339 e. The zero-order chi connectivity index (χ0) is 15.9. The summed E-state index contributed by atoms with van der Waals surface area (Å²) in [5.74, 6) is 0.719. The van der Waals surface area contributed by atoms with Gasteiger partial charge in [-0.3, -0.25) is 4.79 Å². The summed E-state index contributed by atoms with van der Waals surface area (Å²) in [6.07, 6.45) is 4.14. The molecule has 1 aromatic carbocycles. The maximum absolute atomic E-state index is 12.7. The highest BCUT2D eigenvalue weighted by Crippen LogP contribution is 2.35. The van der Waals surface area contributed by atoms with Gasteiger partial charge in [0.2, 0.25) is 0 Å². The minimum atomic E-state index is 0.0558. The highest BCUT2D eigenvalue weighted by molar-refractivity contribution is 9.10. The zero-order valence-electron chi connectivity index (χ0n) is 13.1. The van der Waals surface area contributed by atoms with Crippen molar-refractivity contribution in [2.45, 2.75) is 32.7 Å². The lowest BCUT2D eigenvalue weighted by Crippen LogP contribution is -2.36. The van der Waals surface area contributed by atoms with Gasteiger partial charge in [-0.25, -0.2) is 4.68 Å². The Hall–Kier alpha value is -1.62. The number of carbonyl (C=O) groups is 1. The average Bonchev–Trinajstić information content (AvgIpc) is 3.29. The van der Waals surface area contributed by atoms with Gasteiger partial charge in [-0.2, -0.15) is 5.10 Å². The molecule has 0 bridgehead atoms. The Morgan fingerprint density at radius 2 is 2.00 bits per heavy atom. The number of halogens is 1. The molecule has 0 saturated heterocycles. The molecule has 1 amide bonds. The lowest BCUT2D eigenvalue weighted by atomic mass is 10.1. The third kappa shape index (κ3) is 2.82. The van der Waals surface area contributed by atoms with E-state index < -0.39 is 0 Å². The summed E-state index contributed by atoms with van der Waals surface area (Å²) in [5, 5.41) is 4.39. The first-order valence-electron chi connectivity index (χ1n) is 7.56. The predicted molar refractivity (Wildman–Crippen MR) is 90.3 cm³/mol. The van der Waals surface area contributed by atoms with Crippen LogP contribution in [-0.2, 0) is 0 Å². The molecular formula is C17H20BrN3O. The molecule has 3 rings (SSSR count). The van der Waals surface area contributed by atoms with Crippen LogP contribution in [0.2, 0.25) is 0 Å². The minimum Gasteiger partial charge on any atom is -0.339 e. The number of hydrogen-bond donors (Lipinski definition) is 0. The lowest BCUT2D eigenvalue weighted by molar-refractivity contribution is 0.0726. The fourth-order valence-corrected chi connectivity index (χ4v) is 3.00. The predicted octanol–water partition coefficient (Wildman–Crippen LogP) is 3.81. The number of aromatic nitrogens is 2. The Morgan fingerprint density at radius 1 is 1.36 bits per heavy atom. The molecule has 0 aliphatic heterocycles. The molecule has 4 nitrogen and oxygen atoms in total. The van der Waals surface area contributed by atoms with Crippen molar-refractivity contribution in [3.05, 3.63) is 46.2 Å². The van der Waals surface area contributed by atoms with Gasteiger partial charge in [0.1, 0.15) is 0 Å². The quantitative estimate of drug-likeness (QED) is 0.830. The molecule has 1 unspecified atom stereocenters. The first-order chi connectivity index (χ1) is 10.5. The van der Waals surface area contributed by atoms with Crippen molar-refractivity contribution < 1.29 is 4.79 Å².